The lowest BCUT2D eigenvalue weighted by Crippen LogP contribution is -2.44. The molecule has 1 aromatic rings. The molecule has 0 saturated heterocycles. The predicted octanol–water partition coefficient (Wildman–Crippen LogP) is 3.89. The highest BCUT2D eigenvalue weighted by atomic mass is 16.3. The molecule has 2 aliphatic carbocycles. The van der Waals surface area contributed by atoms with Gasteiger partial charge in [-0.3, -0.25) is 0 Å². The van der Waals surface area contributed by atoms with E-state index in [0.29, 0.717) is 16.9 Å². The summed E-state index contributed by atoms with van der Waals surface area (Å²) in [6.07, 6.45) is 4.13. The Bertz CT molecular complexity index is 448. The molecule has 3 atom stereocenters. The van der Waals surface area contributed by atoms with Crippen LogP contribution in [0, 0.1) is 23.7 Å². The first-order valence-corrected chi connectivity index (χ1v) is 7.22. The minimum Gasteiger partial charge on any atom is -0.465 e. The van der Waals surface area contributed by atoms with Gasteiger partial charge in [-0.25, -0.2) is 0 Å². The average molecular weight is 247 g/mol. The second-order valence-corrected chi connectivity index (χ2v) is 7.06. The molecule has 1 aromatic heterocycles. The Hall–Kier alpha value is -0.760. The van der Waals surface area contributed by atoms with E-state index in [9.17, 15) is 0 Å². The molecule has 2 heteroatoms. The molecule has 0 aromatic carbocycles. The molecule has 2 saturated carbocycles. The number of furan rings is 1. The fraction of sp³-hybridized carbons (Fsp3) is 0.750. The summed E-state index contributed by atoms with van der Waals surface area (Å²) in [4.78, 5) is 0. The highest BCUT2D eigenvalue weighted by Gasteiger charge is 2.60. The molecule has 18 heavy (non-hydrogen) atoms. The van der Waals surface area contributed by atoms with Gasteiger partial charge in [0.2, 0.25) is 0 Å². The second-order valence-electron chi connectivity index (χ2n) is 7.06. The van der Waals surface area contributed by atoms with Crippen LogP contribution in [0.3, 0.4) is 0 Å². The molecule has 0 amide bonds. The van der Waals surface area contributed by atoms with Crippen molar-refractivity contribution in [1.29, 1.82) is 0 Å². The Labute approximate surface area is 110 Å². The van der Waals surface area contributed by atoms with Crippen LogP contribution in [0.2, 0.25) is 0 Å². The molecule has 2 fully saturated rings. The first-order chi connectivity index (χ1) is 8.43. The fourth-order valence-corrected chi connectivity index (χ4v) is 4.32. The summed E-state index contributed by atoms with van der Waals surface area (Å²) in [6.45, 7) is 10.3. The first kappa shape index (κ1) is 12.3. The zero-order chi connectivity index (χ0) is 13.0. The number of rotatable bonds is 3. The maximum Gasteiger partial charge on any atom is 0.117 e. The standard InChI is InChI=1S/C16H25NO/c1-11-5-6-13(18-11)10-17-14-9-12-7-8-16(14,4)15(12,2)3/h5-6,12,14,17H,7-10H2,1-4H3. The molecule has 1 N–H and O–H groups in total. The zero-order valence-electron chi connectivity index (χ0n) is 12.0. The number of hydrogen-bond donors (Lipinski definition) is 1. The van der Waals surface area contributed by atoms with E-state index < -0.39 is 0 Å². The third kappa shape index (κ3) is 1.58. The highest BCUT2D eigenvalue weighted by molar-refractivity contribution is 5.14. The Morgan fingerprint density at radius 3 is 2.61 bits per heavy atom. The maximum atomic E-state index is 5.65. The van der Waals surface area contributed by atoms with Gasteiger partial charge >= 0.3 is 0 Å². The highest BCUT2D eigenvalue weighted by Crippen LogP contribution is 2.65. The van der Waals surface area contributed by atoms with Gasteiger partial charge in [0, 0.05) is 6.04 Å². The van der Waals surface area contributed by atoms with E-state index in [1.807, 2.05) is 13.0 Å². The molecular formula is C16H25NO. The topological polar surface area (TPSA) is 25.2 Å². The summed E-state index contributed by atoms with van der Waals surface area (Å²) in [5.41, 5.74) is 0.947. The largest absolute Gasteiger partial charge is 0.465 e. The second kappa shape index (κ2) is 3.86. The third-order valence-electron chi connectivity index (χ3n) is 6.11. The van der Waals surface area contributed by atoms with Gasteiger partial charge < -0.3 is 9.73 Å². The summed E-state index contributed by atoms with van der Waals surface area (Å²) in [6, 6.07) is 4.78. The smallest absolute Gasteiger partial charge is 0.117 e. The van der Waals surface area contributed by atoms with Gasteiger partial charge in [-0.15, -0.1) is 0 Å². The number of aryl methyl sites for hydroxylation is 1. The fourth-order valence-electron chi connectivity index (χ4n) is 4.32. The normalized spacial score (nSPS) is 37.3. The van der Waals surface area contributed by atoms with Crippen LogP contribution >= 0.6 is 0 Å². The van der Waals surface area contributed by atoms with Crippen molar-refractivity contribution in [3.63, 3.8) is 0 Å². The number of hydrogen-bond acceptors (Lipinski definition) is 2. The van der Waals surface area contributed by atoms with Crippen molar-refractivity contribution in [2.75, 3.05) is 0 Å². The number of fused-ring (bicyclic) bond motifs is 2. The Morgan fingerprint density at radius 2 is 2.11 bits per heavy atom. The molecular weight excluding hydrogens is 222 g/mol. The van der Waals surface area contributed by atoms with Crippen LogP contribution in [0.25, 0.3) is 0 Å². The molecule has 2 nitrogen and oxygen atoms in total. The summed E-state index contributed by atoms with van der Waals surface area (Å²) in [5.74, 6) is 2.97. The van der Waals surface area contributed by atoms with Gasteiger partial charge in [-0.1, -0.05) is 20.8 Å². The van der Waals surface area contributed by atoms with Gasteiger partial charge in [0.1, 0.15) is 11.5 Å². The van der Waals surface area contributed by atoms with Gasteiger partial charge in [0.05, 0.1) is 6.54 Å². The molecule has 0 radical (unpaired) electrons. The van der Waals surface area contributed by atoms with Gasteiger partial charge in [0.25, 0.3) is 0 Å². The SMILES string of the molecule is Cc1ccc(CNC2CC3CCC2(C)C3(C)C)o1. The van der Waals surface area contributed by atoms with E-state index >= 15 is 0 Å². The van der Waals surface area contributed by atoms with Crippen LogP contribution in [0.4, 0.5) is 0 Å². The van der Waals surface area contributed by atoms with Crippen molar-refractivity contribution in [3.8, 4) is 0 Å². The lowest BCUT2D eigenvalue weighted by atomic mass is 9.69. The van der Waals surface area contributed by atoms with Crippen molar-refractivity contribution in [1.82, 2.24) is 5.32 Å². The molecule has 100 valence electrons. The van der Waals surface area contributed by atoms with Crippen molar-refractivity contribution < 1.29 is 4.42 Å². The van der Waals surface area contributed by atoms with Crippen LogP contribution in [0.1, 0.15) is 51.6 Å². The lowest BCUT2D eigenvalue weighted by molar-refractivity contribution is 0.119. The molecule has 3 unspecified atom stereocenters. The van der Waals surface area contributed by atoms with E-state index in [4.69, 9.17) is 4.42 Å². The lowest BCUT2D eigenvalue weighted by Gasteiger charge is -2.39. The van der Waals surface area contributed by atoms with E-state index in [0.717, 1.165) is 24.0 Å². The Kier molecular flexibility index (Phi) is 2.64. The summed E-state index contributed by atoms with van der Waals surface area (Å²) in [5, 5.41) is 3.75. The maximum absolute atomic E-state index is 5.65. The molecule has 1 heterocycles. The van der Waals surface area contributed by atoms with Crippen molar-refractivity contribution >= 4 is 0 Å². The molecule has 2 bridgehead atoms. The van der Waals surface area contributed by atoms with Gasteiger partial charge in [0.15, 0.2) is 0 Å². The molecule has 2 aliphatic rings. The van der Waals surface area contributed by atoms with Crippen LogP contribution in [0.5, 0.6) is 0 Å². The Morgan fingerprint density at radius 1 is 1.33 bits per heavy atom. The monoisotopic (exact) mass is 247 g/mol. The average Bonchev–Trinajstić information content (AvgIpc) is 2.87. The van der Waals surface area contributed by atoms with Crippen molar-refractivity contribution in [2.45, 2.75) is 59.5 Å². The van der Waals surface area contributed by atoms with Crippen molar-refractivity contribution in [2.24, 2.45) is 16.7 Å². The van der Waals surface area contributed by atoms with E-state index in [1.165, 1.54) is 19.3 Å². The minimum atomic E-state index is 0.458. The molecule has 0 aliphatic heterocycles. The van der Waals surface area contributed by atoms with Crippen molar-refractivity contribution in [3.05, 3.63) is 23.7 Å². The zero-order valence-corrected chi connectivity index (χ0v) is 12.0. The van der Waals surface area contributed by atoms with Gasteiger partial charge in [-0.2, -0.15) is 0 Å². The van der Waals surface area contributed by atoms with Gasteiger partial charge in [-0.05, 0) is 55.1 Å². The third-order valence-corrected chi connectivity index (χ3v) is 6.11. The van der Waals surface area contributed by atoms with Crippen LogP contribution in [-0.2, 0) is 6.54 Å². The molecule has 0 spiro atoms. The first-order valence-electron chi connectivity index (χ1n) is 7.22. The molecule has 3 rings (SSSR count). The van der Waals surface area contributed by atoms with E-state index in [1.54, 1.807) is 0 Å². The van der Waals surface area contributed by atoms with Crippen LogP contribution < -0.4 is 5.32 Å². The summed E-state index contributed by atoms with van der Waals surface area (Å²) >= 11 is 0. The van der Waals surface area contributed by atoms with Crippen LogP contribution in [0.15, 0.2) is 16.5 Å². The summed E-state index contributed by atoms with van der Waals surface area (Å²) < 4.78 is 5.65. The Balaban J connectivity index is 1.69. The predicted molar refractivity (Wildman–Crippen MR) is 73.3 cm³/mol. The minimum absolute atomic E-state index is 0.458. The number of nitrogens with one attached hydrogen (secondary N) is 1. The van der Waals surface area contributed by atoms with E-state index in [2.05, 4.69) is 32.2 Å². The van der Waals surface area contributed by atoms with Crippen LogP contribution in [-0.4, -0.2) is 6.04 Å². The van der Waals surface area contributed by atoms with E-state index in [-0.39, 0.29) is 0 Å². The summed E-state index contributed by atoms with van der Waals surface area (Å²) in [7, 11) is 0. The quantitative estimate of drug-likeness (QED) is 0.876.